The maximum Gasteiger partial charge on any atom is 0.251 e. The lowest BCUT2D eigenvalue weighted by atomic mass is 10.1. The quantitative estimate of drug-likeness (QED) is 0.506. The zero-order valence-electron chi connectivity index (χ0n) is 17.4. The molecule has 1 aromatic heterocycles. The summed E-state index contributed by atoms with van der Waals surface area (Å²) >= 11 is 0. The topological polar surface area (TPSA) is 50.2 Å². The van der Waals surface area contributed by atoms with E-state index in [2.05, 4.69) is 40.2 Å². The molecule has 0 radical (unpaired) electrons. The number of aromatic nitrogens is 2. The Morgan fingerprint density at radius 1 is 0.967 bits per heavy atom. The van der Waals surface area contributed by atoms with Gasteiger partial charge in [0.25, 0.3) is 5.91 Å². The third-order valence-electron chi connectivity index (χ3n) is 5.23. The Kier molecular flexibility index (Phi) is 5.80. The molecule has 4 rings (SSSR count). The van der Waals surface area contributed by atoms with Gasteiger partial charge >= 0.3 is 0 Å². The molecule has 0 fully saturated rings. The van der Waals surface area contributed by atoms with Crippen molar-refractivity contribution in [2.75, 3.05) is 19.0 Å². The van der Waals surface area contributed by atoms with Gasteiger partial charge in [0.05, 0.1) is 17.6 Å². The molecule has 0 bridgehead atoms. The molecule has 1 N–H and O–H groups in total. The summed E-state index contributed by atoms with van der Waals surface area (Å²) in [6.45, 7) is 1.19. The van der Waals surface area contributed by atoms with Crippen molar-refractivity contribution in [2.45, 2.75) is 19.5 Å². The Morgan fingerprint density at radius 2 is 1.73 bits per heavy atom. The summed E-state index contributed by atoms with van der Waals surface area (Å²) in [4.78, 5) is 19.5. The van der Waals surface area contributed by atoms with Crippen molar-refractivity contribution in [2.24, 2.45) is 0 Å². The second-order valence-corrected chi connectivity index (χ2v) is 7.53. The number of rotatable bonds is 7. The van der Waals surface area contributed by atoms with E-state index in [9.17, 15) is 4.79 Å². The molecule has 0 aliphatic carbocycles. The minimum absolute atomic E-state index is 0.0969. The number of fused-ring (bicyclic) bond motifs is 1. The Balaban J connectivity index is 1.53. The summed E-state index contributed by atoms with van der Waals surface area (Å²) in [5, 5.41) is 3.04. The second-order valence-electron chi connectivity index (χ2n) is 7.53. The number of carbonyl (C=O) groups is 1. The Hall–Kier alpha value is -3.60. The SMILES string of the molecule is CN(C)c1cccc(C(=O)NCc2nc3ccccc3n2CCc2ccccc2)c1. The number of nitrogens with one attached hydrogen (secondary N) is 1. The maximum atomic E-state index is 12.7. The van der Waals surface area contributed by atoms with Crippen LogP contribution < -0.4 is 10.2 Å². The highest BCUT2D eigenvalue weighted by Gasteiger charge is 2.13. The molecular weight excluding hydrogens is 372 g/mol. The van der Waals surface area contributed by atoms with Gasteiger partial charge in [-0.25, -0.2) is 4.98 Å². The number of aryl methyl sites for hydroxylation is 2. The average molecular weight is 399 g/mol. The van der Waals surface area contributed by atoms with Crippen molar-refractivity contribution < 1.29 is 4.79 Å². The van der Waals surface area contributed by atoms with Gasteiger partial charge in [-0.2, -0.15) is 0 Å². The lowest BCUT2D eigenvalue weighted by molar-refractivity contribution is 0.0949. The number of para-hydroxylation sites is 2. The predicted octanol–water partition coefficient (Wildman–Crippen LogP) is 4.28. The molecule has 0 spiro atoms. The van der Waals surface area contributed by atoms with E-state index >= 15 is 0 Å². The van der Waals surface area contributed by atoms with Gasteiger partial charge in [-0.1, -0.05) is 48.5 Å². The van der Waals surface area contributed by atoms with Crippen molar-refractivity contribution in [3.8, 4) is 0 Å². The number of carbonyl (C=O) groups excluding carboxylic acids is 1. The fraction of sp³-hybridized carbons (Fsp3) is 0.200. The van der Waals surface area contributed by atoms with Gasteiger partial charge in [-0.3, -0.25) is 4.79 Å². The van der Waals surface area contributed by atoms with Crippen LogP contribution in [0.2, 0.25) is 0 Å². The molecule has 0 aliphatic heterocycles. The standard InChI is InChI=1S/C25H26N4O/c1-28(2)21-12-8-11-20(17-21)25(30)26-18-24-27-22-13-6-7-14-23(22)29(24)16-15-19-9-4-3-5-10-19/h3-14,17H,15-16,18H2,1-2H3,(H,26,30). The Labute approximate surface area is 177 Å². The summed E-state index contributed by atoms with van der Waals surface area (Å²) in [7, 11) is 3.93. The zero-order chi connectivity index (χ0) is 20.9. The molecule has 1 heterocycles. The summed E-state index contributed by atoms with van der Waals surface area (Å²) in [6, 6.07) is 26.2. The number of imidazole rings is 1. The lowest BCUT2D eigenvalue weighted by Gasteiger charge is -2.14. The Bertz CT molecular complexity index is 1150. The van der Waals surface area contributed by atoms with Crippen LogP contribution in [0.1, 0.15) is 21.7 Å². The maximum absolute atomic E-state index is 12.7. The van der Waals surface area contributed by atoms with Crippen LogP contribution in [0.4, 0.5) is 5.69 Å². The molecule has 0 atom stereocenters. The first kappa shape index (κ1) is 19.7. The average Bonchev–Trinajstić information content (AvgIpc) is 3.14. The lowest BCUT2D eigenvalue weighted by Crippen LogP contribution is -2.25. The van der Waals surface area contributed by atoms with Gasteiger partial charge in [-0.05, 0) is 42.3 Å². The van der Waals surface area contributed by atoms with E-state index in [4.69, 9.17) is 4.98 Å². The first-order valence-corrected chi connectivity index (χ1v) is 10.2. The molecule has 30 heavy (non-hydrogen) atoms. The van der Waals surface area contributed by atoms with Crippen molar-refractivity contribution in [3.05, 3.63) is 95.8 Å². The largest absolute Gasteiger partial charge is 0.378 e. The van der Waals surface area contributed by atoms with Crippen LogP contribution in [-0.4, -0.2) is 29.6 Å². The molecule has 0 unspecified atom stereocenters. The molecule has 5 nitrogen and oxygen atoms in total. The Morgan fingerprint density at radius 3 is 2.53 bits per heavy atom. The number of hydrogen-bond acceptors (Lipinski definition) is 3. The van der Waals surface area contributed by atoms with Crippen molar-refractivity contribution in [1.82, 2.24) is 14.9 Å². The highest BCUT2D eigenvalue weighted by atomic mass is 16.1. The van der Waals surface area contributed by atoms with Gasteiger partial charge in [0.1, 0.15) is 5.82 Å². The van der Waals surface area contributed by atoms with Crippen LogP contribution in [-0.2, 0) is 19.5 Å². The normalized spacial score (nSPS) is 10.9. The number of benzene rings is 3. The predicted molar refractivity (Wildman–Crippen MR) is 122 cm³/mol. The first-order valence-electron chi connectivity index (χ1n) is 10.2. The summed E-state index contributed by atoms with van der Waals surface area (Å²) < 4.78 is 2.21. The fourth-order valence-electron chi connectivity index (χ4n) is 3.58. The monoisotopic (exact) mass is 398 g/mol. The number of anilines is 1. The van der Waals surface area contributed by atoms with Gasteiger partial charge in [0.15, 0.2) is 0 Å². The fourth-order valence-corrected chi connectivity index (χ4v) is 3.58. The van der Waals surface area contributed by atoms with Gasteiger partial charge in [-0.15, -0.1) is 0 Å². The second kappa shape index (κ2) is 8.82. The molecule has 4 aromatic rings. The van der Waals surface area contributed by atoms with E-state index in [1.807, 2.05) is 67.5 Å². The number of hydrogen-bond donors (Lipinski definition) is 1. The number of amides is 1. The van der Waals surface area contributed by atoms with E-state index in [1.165, 1.54) is 5.56 Å². The van der Waals surface area contributed by atoms with Gasteiger partial charge in [0, 0.05) is 31.9 Å². The van der Waals surface area contributed by atoms with Crippen molar-refractivity contribution >= 4 is 22.6 Å². The van der Waals surface area contributed by atoms with E-state index in [-0.39, 0.29) is 5.91 Å². The molecule has 5 heteroatoms. The molecule has 0 saturated heterocycles. The summed E-state index contributed by atoms with van der Waals surface area (Å²) in [5.41, 5.74) is 4.97. The van der Waals surface area contributed by atoms with E-state index in [0.29, 0.717) is 12.1 Å². The van der Waals surface area contributed by atoms with Crippen molar-refractivity contribution in [1.29, 1.82) is 0 Å². The van der Waals surface area contributed by atoms with Crippen molar-refractivity contribution in [3.63, 3.8) is 0 Å². The number of nitrogens with zero attached hydrogens (tertiary/aromatic N) is 3. The molecule has 3 aromatic carbocycles. The summed E-state index contributed by atoms with van der Waals surface area (Å²) in [5.74, 6) is 0.768. The van der Waals surface area contributed by atoms with Crippen LogP contribution in [0.15, 0.2) is 78.9 Å². The molecule has 152 valence electrons. The van der Waals surface area contributed by atoms with Gasteiger partial charge < -0.3 is 14.8 Å². The first-order chi connectivity index (χ1) is 14.6. The third-order valence-corrected chi connectivity index (χ3v) is 5.23. The van der Waals surface area contributed by atoms with Crippen LogP contribution in [0, 0.1) is 0 Å². The highest BCUT2D eigenvalue weighted by molar-refractivity contribution is 5.95. The van der Waals surface area contributed by atoms with E-state index in [1.54, 1.807) is 0 Å². The molecule has 1 amide bonds. The molecule has 0 saturated carbocycles. The van der Waals surface area contributed by atoms with E-state index in [0.717, 1.165) is 35.5 Å². The molecular formula is C25H26N4O. The summed E-state index contributed by atoms with van der Waals surface area (Å²) in [6.07, 6.45) is 0.910. The minimum Gasteiger partial charge on any atom is -0.378 e. The van der Waals surface area contributed by atoms with Crippen LogP contribution >= 0.6 is 0 Å². The van der Waals surface area contributed by atoms with Crippen LogP contribution in [0.3, 0.4) is 0 Å². The smallest absolute Gasteiger partial charge is 0.251 e. The highest BCUT2D eigenvalue weighted by Crippen LogP contribution is 2.18. The van der Waals surface area contributed by atoms with Gasteiger partial charge in [0.2, 0.25) is 0 Å². The van der Waals surface area contributed by atoms with Crippen LogP contribution in [0.5, 0.6) is 0 Å². The van der Waals surface area contributed by atoms with E-state index < -0.39 is 0 Å². The molecule has 0 aliphatic rings. The minimum atomic E-state index is -0.0969. The third kappa shape index (κ3) is 4.35. The zero-order valence-corrected chi connectivity index (χ0v) is 17.4. The van der Waals surface area contributed by atoms with Crippen LogP contribution in [0.25, 0.3) is 11.0 Å².